The minimum absolute atomic E-state index is 0.0746. The van der Waals surface area contributed by atoms with Gasteiger partial charge in [0.15, 0.2) is 12.5 Å². The quantitative estimate of drug-likeness (QED) is 0.548. The van der Waals surface area contributed by atoms with Gasteiger partial charge in [-0.05, 0) is 6.26 Å². The fourth-order valence-electron chi connectivity index (χ4n) is 0.701. The van der Waals surface area contributed by atoms with Gasteiger partial charge in [-0.2, -0.15) is 13.2 Å². The highest BCUT2D eigenvalue weighted by atomic mass is 32.2. The van der Waals surface area contributed by atoms with E-state index in [2.05, 4.69) is 14.7 Å². The van der Waals surface area contributed by atoms with Crippen molar-refractivity contribution in [1.29, 1.82) is 0 Å². The number of halogens is 3. The molecule has 0 bridgehead atoms. The Kier molecular flexibility index (Phi) is 7.19. The van der Waals surface area contributed by atoms with Crippen molar-refractivity contribution in [3.63, 3.8) is 0 Å². The molecule has 0 heterocycles. The molecule has 0 saturated carbocycles. The van der Waals surface area contributed by atoms with Gasteiger partial charge >= 0.3 is 6.18 Å². The smallest absolute Gasteiger partial charge is 0.422 e. The standard InChI is InChI=1S/C8H13F3N2OS/c1-12-7(3-4-13-6-15-2)14-5-8(9,10)11/h6H,3-5H2,1-2H3. The molecule has 15 heavy (non-hydrogen) atoms. The minimum Gasteiger partial charge on any atom is -0.471 e. The van der Waals surface area contributed by atoms with E-state index >= 15 is 0 Å². The van der Waals surface area contributed by atoms with Crippen LogP contribution in [-0.2, 0) is 4.74 Å². The molecule has 0 atom stereocenters. The summed E-state index contributed by atoms with van der Waals surface area (Å²) in [6.45, 7) is -0.919. The largest absolute Gasteiger partial charge is 0.471 e. The molecule has 0 fully saturated rings. The fraction of sp³-hybridized carbons (Fsp3) is 0.750. The van der Waals surface area contributed by atoms with Gasteiger partial charge < -0.3 is 4.74 Å². The lowest BCUT2D eigenvalue weighted by atomic mass is 10.4. The molecule has 0 aromatic carbocycles. The van der Waals surface area contributed by atoms with Gasteiger partial charge in [-0.3, -0.25) is 9.98 Å². The molecule has 0 aliphatic carbocycles. The average Bonchev–Trinajstić information content (AvgIpc) is 2.15. The van der Waals surface area contributed by atoms with Gasteiger partial charge in [0.2, 0.25) is 0 Å². The minimum atomic E-state index is -4.32. The van der Waals surface area contributed by atoms with E-state index in [1.807, 2.05) is 6.26 Å². The third kappa shape index (κ3) is 9.58. The summed E-state index contributed by atoms with van der Waals surface area (Å²) in [6, 6.07) is 0. The number of ether oxygens (including phenoxy) is 1. The molecule has 7 heteroatoms. The molecular formula is C8H13F3N2OS. The number of aliphatic imine (C=N–C) groups is 2. The van der Waals surface area contributed by atoms with Crippen LogP contribution in [-0.4, -0.2) is 44.1 Å². The van der Waals surface area contributed by atoms with Gasteiger partial charge in [-0.15, -0.1) is 11.8 Å². The second-order valence-electron chi connectivity index (χ2n) is 2.52. The molecule has 0 spiro atoms. The first kappa shape index (κ1) is 14.3. The third-order valence-electron chi connectivity index (χ3n) is 1.29. The molecule has 88 valence electrons. The molecule has 0 amide bonds. The first-order valence-electron chi connectivity index (χ1n) is 4.16. The van der Waals surface area contributed by atoms with Crippen molar-refractivity contribution < 1.29 is 17.9 Å². The van der Waals surface area contributed by atoms with Crippen molar-refractivity contribution in [1.82, 2.24) is 0 Å². The van der Waals surface area contributed by atoms with Crippen molar-refractivity contribution >= 4 is 23.2 Å². The highest BCUT2D eigenvalue weighted by Crippen LogP contribution is 2.14. The SMILES string of the molecule is CN=C(CCN=CSC)OCC(F)(F)F. The molecule has 0 aromatic rings. The Morgan fingerprint density at radius 2 is 2.13 bits per heavy atom. The molecule has 0 rings (SSSR count). The lowest BCUT2D eigenvalue weighted by Crippen LogP contribution is -2.20. The van der Waals surface area contributed by atoms with Crippen LogP contribution in [0.1, 0.15) is 6.42 Å². The summed E-state index contributed by atoms with van der Waals surface area (Å²) >= 11 is 1.43. The van der Waals surface area contributed by atoms with Crippen molar-refractivity contribution in [2.75, 3.05) is 26.5 Å². The lowest BCUT2D eigenvalue weighted by Gasteiger charge is -2.09. The zero-order chi connectivity index (χ0) is 11.7. The van der Waals surface area contributed by atoms with Crippen molar-refractivity contribution in [3.05, 3.63) is 0 Å². The summed E-state index contributed by atoms with van der Waals surface area (Å²) in [5.41, 5.74) is 1.62. The first-order valence-corrected chi connectivity index (χ1v) is 5.44. The highest BCUT2D eigenvalue weighted by molar-refractivity contribution is 8.11. The Hall–Kier alpha value is -0.720. The van der Waals surface area contributed by atoms with Gasteiger partial charge in [0.05, 0.1) is 5.55 Å². The number of hydrogen-bond acceptors (Lipinski definition) is 4. The predicted octanol–water partition coefficient (Wildman–Crippen LogP) is 2.38. The zero-order valence-electron chi connectivity index (χ0n) is 8.54. The summed E-state index contributed by atoms with van der Waals surface area (Å²) < 4.78 is 39.8. The van der Waals surface area contributed by atoms with Crippen LogP contribution in [0.25, 0.3) is 0 Å². The lowest BCUT2D eigenvalue weighted by molar-refractivity contribution is -0.156. The van der Waals surface area contributed by atoms with E-state index in [0.717, 1.165) is 0 Å². The van der Waals surface area contributed by atoms with Crippen molar-refractivity contribution in [2.24, 2.45) is 9.98 Å². The summed E-state index contributed by atoms with van der Waals surface area (Å²) in [7, 11) is 1.39. The third-order valence-corrected chi connectivity index (χ3v) is 1.65. The van der Waals surface area contributed by atoms with Gasteiger partial charge in [-0.1, -0.05) is 0 Å². The maximum atomic E-state index is 11.8. The van der Waals surface area contributed by atoms with E-state index in [4.69, 9.17) is 0 Å². The fourth-order valence-corrected chi connectivity index (χ4v) is 0.956. The van der Waals surface area contributed by atoms with E-state index in [0.29, 0.717) is 6.54 Å². The number of alkyl halides is 3. The Morgan fingerprint density at radius 3 is 2.60 bits per heavy atom. The predicted molar refractivity (Wildman–Crippen MR) is 56.9 cm³/mol. The van der Waals surface area contributed by atoms with Crippen LogP contribution in [0.2, 0.25) is 0 Å². The summed E-state index contributed by atoms with van der Waals surface area (Å²) in [5, 5.41) is 0. The van der Waals surface area contributed by atoms with E-state index in [1.165, 1.54) is 18.8 Å². The Morgan fingerprint density at radius 1 is 1.47 bits per heavy atom. The van der Waals surface area contributed by atoms with Crippen molar-refractivity contribution in [3.8, 4) is 0 Å². The van der Waals surface area contributed by atoms with Crippen LogP contribution < -0.4 is 0 Å². The zero-order valence-corrected chi connectivity index (χ0v) is 9.36. The van der Waals surface area contributed by atoms with Gasteiger partial charge in [0.1, 0.15) is 0 Å². The number of hydrogen-bond donors (Lipinski definition) is 0. The van der Waals surface area contributed by atoms with Crippen LogP contribution in [0.4, 0.5) is 13.2 Å². The van der Waals surface area contributed by atoms with Crippen LogP contribution >= 0.6 is 11.8 Å². The second kappa shape index (κ2) is 7.56. The normalized spacial score (nSPS) is 13.5. The molecule has 0 radical (unpaired) electrons. The van der Waals surface area contributed by atoms with E-state index in [9.17, 15) is 13.2 Å². The van der Waals surface area contributed by atoms with Crippen LogP contribution in [0, 0.1) is 0 Å². The Labute approximate surface area is 90.8 Å². The topological polar surface area (TPSA) is 34.0 Å². The van der Waals surface area contributed by atoms with E-state index in [1.54, 1.807) is 5.55 Å². The Balaban J connectivity index is 3.80. The summed E-state index contributed by atoms with van der Waals surface area (Å²) in [6.07, 6.45) is -2.19. The molecule has 3 nitrogen and oxygen atoms in total. The maximum Gasteiger partial charge on any atom is 0.422 e. The maximum absolute atomic E-state index is 11.8. The van der Waals surface area contributed by atoms with Crippen molar-refractivity contribution in [2.45, 2.75) is 12.6 Å². The molecule has 0 aliphatic rings. The highest BCUT2D eigenvalue weighted by Gasteiger charge is 2.28. The van der Waals surface area contributed by atoms with Crippen LogP contribution in [0.5, 0.6) is 0 Å². The number of rotatable bonds is 5. The molecule has 0 unspecified atom stereocenters. The summed E-state index contributed by atoms with van der Waals surface area (Å²) in [5.74, 6) is 0.0746. The van der Waals surface area contributed by atoms with Crippen LogP contribution in [0.15, 0.2) is 9.98 Å². The second-order valence-corrected chi connectivity index (χ2v) is 3.20. The van der Waals surface area contributed by atoms with E-state index in [-0.39, 0.29) is 12.3 Å². The molecule has 0 N–H and O–H groups in total. The number of nitrogens with zero attached hydrogens (tertiary/aromatic N) is 2. The average molecular weight is 242 g/mol. The monoisotopic (exact) mass is 242 g/mol. The number of thioether (sulfide) groups is 1. The van der Waals surface area contributed by atoms with Crippen LogP contribution in [0.3, 0.4) is 0 Å². The van der Waals surface area contributed by atoms with E-state index < -0.39 is 12.8 Å². The Bertz CT molecular complexity index is 228. The van der Waals surface area contributed by atoms with Gasteiger partial charge in [0, 0.05) is 20.0 Å². The molecular weight excluding hydrogens is 229 g/mol. The first-order chi connectivity index (χ1) is 6.99. The van der Waals surface area contributed by atoms with Gasteiger partial charge in [0.25, 0.3) is 0 Å². The molecule has 0 aliphatic heterocycles. The molecule has 0 aromatic heterocycles. The molecule has 0 saturated heterocycles. The summed E-state index contributed by atoms with van der Waals surface area (Å²) in [4.78, 5) is 7.52. The van der Waals surface area contributed by atoms with Gasteiger partial charge in [-0.25, -0.2) is 0 Å².